The molecule has 2 heterocycles. The highest BCUT2D eigenvalue weighted by molar-refractivity contribution is 7.97. The fourth-order valence-corrected chi connectivity index (χ4v) is 1.05. The molecule has 1 aliphatic heterocycles. The molecule has 0 radical (unpaired) electrons. The van der Waals surface area contributed by atoms with Crippen molar-refractivity contribution in [3.05, 3.63) is 12.1 Å². The fraction of sp³-hybridized carbons (Fsp3) is 0. The monoisotopic (exact) mass is 141 g/mol. The van der Waals surface area contributed by atoms with E-state index in [2.05, 4.69) is 14.9 Å². The van der Waals surface area contributed by atoms with Gasteiger partial charge in [-0.25, -0.2) is 9.82 Å². The molecule has 1 aromatic rings. The van der Waals surface area contributed by atoms with E-state index in [1.54, 1.807) is 6.21 Å². The van der Waals surface area contributed by atoms with Crippen LogP contribution in [0.2, 0.25) is 0 Å². The third-order valence-electron chi connectivity index (χ3n) is 0.939. The zero-order valence-electron chi connectivity index (χ0n) is 4.37. The summed E-state index contributed by atoms with van der Waals surface area (Å²) in [5.74, 6) is 0. The van der Waals surface area contributed by atoms with E-state index in [9.17, 15) is 0 Å². The Morgan fingerprint density at radius 1 is 1.67 bits per heavy atom. The minimum atomic E-state index is 0.769. The van der Waals surface area contributed by atoms with Crippen molar-refractivity contribution in [1.82, 2.24) is 9.82 Å². The van der Waals surface area contributed by atoms with Crippen LogP contribution in [0.4, 0.5) is 0 Å². The van der Waals surface area contributed by atoms with Crippen LogP contribution in [0, 0.1) is 0 Å². The second-order valence-corrected chi connectivity index (χ2v) is 2.23. The number of hydrogen-bond acceptors (Lipinski definition) is 5. The van der Waals surface area contributed by atoms with E-state index in [1.165, 1.54) is 18.3 Å². The highest BCUT2D eigenvalue weighted by Crippen LogP contribution is 2.19. The molecule has 0 bridgehead atoms. The first-order valence-electron chi connectivity index (χ1n) is 2.35. The number of aromatic nitrogens is 1. The van der Waals surface area contributed by atoms with Crippen LogP contribution in [0.25, 0.3) is 0 Å². The van der Waals surface area contributed by atoms with Gasteiger partial charge in [0, 0.05) is 11.9 Å². The molecule has 1 N–H and O–H groups in total. The fourth-order valence-electron chi connectivity index (χ4n) is 0.562. The quantitative estimate of drug-likeness (QED) is 0.538. The Morgan fingerprint density at radius 2 is 2.67 bits per heavy atom. The van der Waals surface area contributed by atoms with Gasteiger partial charge in [0.15, 0.2) is 6.39 Å². The summed E-state index contributed by atoms with van der Waals surface area (Å²) in [5, 5.41) is 4.52. The summed E-state index contributed by atoms with van der Waals surface area (Å²) in [6.45, 7) is 0. The summed E-state index contributed by atoms with van der Waals surface area (Å²) >= 11 is 1.32. The molecule has 0 amide bonds. The van der Waals surface area contributed by atoms with Crippen molar-refractivity contribution >= 4 is 18.2 Å². The van der Waals surface area contributed by atoms with E-state index in [-0.39, 0.29) is 0 Å². The molecule has 0 fully saturated rings. The molecule has 0 aliphatic carbocycles. The summed E-state index contributed by atoms with van der Waals surface area (Å²) in [7, 11) is 0. The Kier molecular flexibility index (Phi) is 0.955. The normalized spacial score (nSPS) is 14.7. The van der Waals surface area contributed by atoms with Crippen molar-refractivity contribution in [2.75, 3.05) is 0 Å². The van der Waals surface area contributed by atoms with Crippen molar-refractivity contribution in [2.45, 2.75) is 5.09 Å². The summed E-state index contributed by atoms with van der Waals surface area (Å²) < 4.78 is 4.95. The largest absolute Gasteiger partial charge is 0.435 e. The van der Waals surface area contributed by atoms with Crippen LogP contribution < -0.4 is 4.83 Å². The SMILES string of the molecule is C1=NNSc2ocnc21. The van der Waals surface area contributed by atoms with Crippen LogP contribution in [0.1, 0.15) is 5.69 Å². The number of nitrogens with one attached hydrogen (secondary N) is 1. The highest BCUT2D eigenvalue weighted by atomic mass is 32.2. The first-order chi connectivity index (χ1) is 4.47. The third kappa shape index (κ3) is 0.692. The van der Waals surface area contributed by atoms with Crippen molar-refractivity contribution in [2.24, 2.45) is 5.10 Å². The molecule has 0 spiro atoms. The predicted molar refractivity (Wildman–Crippen MR) is 33.1 cm³/mol. The number of oxazole rings is 1. The van der Waals surface area contributed by atoms with Gasteiger partial charge in [-0.15, -0.1) is 0 Å². The lowest BCUT2D eigenvalue weighted by Crippen LogP contribution is -2.00. The minimum Gasteiger partial charge on any atom is -0.435 e. The minimum absolute atomic E-state index is 0.769. The van der Waals surface area contributed by atoms with Crippen LogP contribution in [-0.2, 0) is 0 Å². The molecule has 0 saturated heterocycles. The van der Waals surface area contributed by atoms with E-state index in [0.717, 1.165) is 10.8 Å². The van der Waals surface area contributed by atoms with E-state index < -0.39 is 0 Å². The number of hydrazone groups is 1. The van der Waals surface area contributed by atoms with E-state index in [0.29, 0.717) is 0 Å². The van der Waals surface area contributed by atoms with Gasteiger partial charge in [0.1, 0.15) is 5.69 Å². The van der Waals surface area contributed by atoms with Crippen molar-refractivity contribution < 1.29 is 4.42 Å². The van der Waals surface area contributed by atoms with Crippen molar-refractivity contribution in [1.29, 1.82) is 0 Å². The molecule has 1 aromatic heterocycles. The molecular formula is C4H3N3OS. The average Bonchev–Trinajstić information content (AvgIpc) is 2.33. The maximum absolute atomic E-state index is 4.95. The molecule has 2 rings (SSSR count). The molecular weight excluding hydrogens is 138 g/mol. The standard InChI is InChI=1S/C4H3N3OS/c1-3-4(8-2-5-3)9-7-6-1/h1-2,7H. The van der Waals surface area contributed by atoms with Gasteiger partial charge in [-0.3, -0.25) is 0 Å². The van der Waals surface area contributed by atoms with Gasteiger partial charge < -0.3 is 4.42 Å². The maximum Gasteiger partial charge on any atom is 0.211 e. The van der Waals surface area contributed by atoms with Gasteiger partial charge >= 0.3 is 0 Å². The topological polar surface area (TPSA) is 50.4 Å². The van der Waals surface area contributed by atoms with Crippen LogP contribution in [0.15, 0.2) is 21.0 Å². The lowest BCUT2D eigenvalue weighted by atomic mass is 10.5. The number of fused-ring (bicyclic) bond motifs is 1. The predicted octanol–water partition coefficient (Wildman–Crippen LogP) is 0.619. The molecule has 0 atom stereocenters. The first-order valence-corrected chi connectivity index (χ1v) is 3.17. The first kappa shape index (κ1) is 4.87. The Morgan fingerprint density at radius 3 is 3.56 bits per heavy atom. The maximum atomic E-state index is 4.95. The zero-order valence-corrected chi connectivity index (χ0v) is 5.18. The van der Waals surface area contributed by atoms with Crippen molar-refractivity contribution in [3.8, 4) is 0 Å². The summed E-state index contributed by atoms with van der Waals surface area (Å²) in [4.78, 5) is 6.56. The molecule has 0 aromatic carbocycles. The summed E-state index contributed by atoms with van der Waals surface area (Å²) in [5.41, 5.74) is 0.791. The molecule has 0 unspecified atom stereocenters. The Labute approximate surface area is 55.5 Å². The van der Waals surface area contributed by atoms with Crippen LogP contribution in [0.3, 0.4) is 0 Å². The average molecular weight is 141 g/mol. The lowest BCUT2D eigenvalue weighted by molar-refractivity contribution is 0.467. The Hall–Kier alpha value is -0.970. The van der Waals surface area contributed by atoms with E-state index >= 15 is 0 Å². The Balaban J connectivity index is 2.53. The van der Waals surface area contributed by atoms with Gasteiger partial charge in [0.2, 0.25) is 5.09 Å². The van der Waals surface area contributed by atoms with Gasteiger partial charge in [-0.05, 0) is 0 Å². The molecule has 4 nitrogen and oxygen atoms in total. The second kappa shape index (κ2) is 1.77. The van der Waals surface area contributed by atoms with Gasteiger partial charge in [-0.1, -0.05) is 0 Å². The molecule has 5 heteroatoms. The number of nitrogens with zero attached hydrogens (tertiary/aromatic N) is 2. The Bertz CT molecular complexity index is 244. The van der Waals surface area contributed by atoms with Crippen LogP contribution in [0.5, 0.6) is 0 Å². The van der Waals surface area contributed by atoms with Crippen LogP contribution >= 0.6 is 11.9 Å². The third-order valence-corrected chi connectivity index (χ3v) is 1.63. The lowest BCUT2D eigenvalue weighted by Gasteiger charge is -1.99. The van der Waals surface area contributed by atoms with Gasteiger partial charge in [0.05, 0.1) is 6.21 Å². The van der Waals surface area contributed by atoms with E-state index in [4.69, 9.17) is 4.42 Å². The summed E-state index contributed by atoms with van der Waals surface area (Å²) in [6.07, 6.45) is 3.02. The second-order valence-electron chi connectivity index (χ2n) is 1.48. The molecule has 0 saturated carbocycles. The zero-order chi connectivity index (χ0) is 6.10. The van der Waals surface area contributed by atoms with Gasteiger partial charge in [0.25, 0.3) is 0 Å². The number of hydrogen-bond donors (Lipinski definition) is 1. The molecule has 9 heavy (non-hydrogen) atoms. The molecule has 46 valence electrons. The molecule has 1 aliphatic rings. The van der Waals surface area contributed by atoms with Crippen LogP contribution in [-0.4, -0.2) is 11.2 Å². The van der Waals surface area contributed by atoms with Crippen molar-refractivity contribution in [3.63, 3.8) is 0 Å². The highest BCUT2D eigenvalue weighted by Gasteiger charge is 2.08. The summed E-state index contributed by atoms with van der Waals surface area (Å²) in [6, 6.07) is 0. The smallest absolute Gasteiger partial charge is 0.211 e. The van der Waals surface area contributed by atoms with E-state index in [1.807, 2.05) is 0 Å². The van der Waals surface area contributed by atoms with Gasteiger partial charge in [-0.2, -0.15) is 5.10 Å². The number of rotatable bonds is 0.